The summed E-state index contributed by atoms with van der Waals surface area (Å²) in [7, 11) is 0. The molecule has 0 amide bonds. The van der Waals surface area contributed by atoms with E-state index in [-0.39, 0.29) is 17.9 Å². The van der Waals surface area contributed by atoms with Crippen LogP contribution in [0.5, 0.6) is 5.75 Å². The molecule has 0 saturated heterocycles. The number of carbonyl (C=O) groups is 1. The fourth-order valence-electron chi connectivity index (χ4n) is 5.70. The molecule has 4 aromatic carbocycles. The fraction of sp³-hybridized carbons (Fsp3) is 0.162. The number of rotatable bonds is 8. The molecule has 204 valence electrons. The van der Waals surface area contributed by atoms with Crippen LogP contribution in [0, 0.1) is 5.92 Å². The average molecular weight is 540 g/mol. The zero-order valence-electron chi connectivity index (χ0n) is 23.2. The molecule has 2 unspecified atom stereocenters. The van der Waals surface area contributed by atoms with Crippen LogP contribution in [-0.2, 0) is 16.0 Å². The minimum atomic E-state index is -0.378. The van der Waals surface area contributed by atoms with E-state index in [2.05, 4.69) is 122 Å². The number of esters is 1. The van der Waals surface area contributed by atoms with E-state index in [0.717, 1.165) is 46.9 Å². The Balaban J connectivity index is 1.35. The third-order valence-electron chi connectivity index (χ3n) is 7.70. The Morgan fingerprint density at radius 1 is 0.902 bits per heavy atom. The van der Waals surface area contributed by atoms with E-state index in [1.54, 1.807) is 0 Å². The van der Waals surface area contributed by atoms with Crippen molar-refractivity contribution in [3.8, 4) is 16.9 Å². The van der Waals surface area contributed by atoms with Crippen molar-refractivity contribution in [2.75, 3.05) is 11.5 Å². The van der Waals surface area contributed by atoms with E-state index in [0.29, 0.717) is 6.61 Å². The number of anilines is 2. The summed E-state index contributed by atoms with van der Waals surface area (Å²) >= 11 is 0. The molecular formula is C37H33NO3. The van der Waals surface area contributed by atoms with E-state index >= 15 is 0 Å². The van der Waals surface area contributed by atoms with Gasteiger partial charge in [0.15, 0.2) is 5.75 Å². The summed E-state index contributed by atoms with van der Waals surface area (Å²) < 4.78 is 11.9. The summed E-state index contributed by atoms with van der Waals surface area (Å²) in [5, 5.41) is 0. The topological polar surface area (TPSA) is 38.8 Å². The van der Waals surface area contributed by atoms with Gasteiger partial charge in [-0.15, -0.1) is 0 Å². The molecular weight excluding hydrogens is 506 g/mol. The molecule has 0 spiro atoms. The second-order valence-corrected chi connectivity index (χ2v) is 10.5. The van der Waals surface area contributed by atoms with Gasteiger partial charge < -0.3 is 14.4 Å². The highest BCUT2D eigenvalue weighted by molar-refractivity contribution is 5.82. The predicted octanol–water partition coefficient (Wildman–Crippen LogP) is 8.53. The van der Waals surface area contributed by atoms with Gasteiger partial charge in [-0.2, -0.15) is 0 Å². The third kappa shape index (κ3) is 5.59. The molecule has 6 rings (SSSR count). The summed E-state index contributed by atoms with van der Waals surface area (Å²) in [5.41, 5.74) is 8.02. The largest absolute Gasteiger partial charge is 0.463 e. The van der Waals surface area contributed by atoms with Gasteiger partial charge in [0.05, 0.1) is 18.3 Å². The van der Waals surface area contributed by atoms with Crippen molar-refractivity contribution in [2.24, 2.45) is 5.92 Å². The van der Waals surface area contributed by atoms with Crippen LogP contribution in [0.25, 0.3) is 16.7 Å². The molecule has 0 bridgehead atoms. The number of nitrogens with zero attached hydrogens (tertiary/aromatic N) is 1. The van der Waals surface area contributed by atoms with Gasteiger partial charge in [-0.3, -0.25) is 0 Å². The summed E-state index contributed by atoms with van der Waals surface area (Å²) in [6.45, 7) is 6.09. The van der Waals surface area contributed by atoms with Crippen LogP contribution < -0.4 is 9.64 Å². The molecule has 2 aliphatic rings. The monoisotopic (exact) mass is 539 g/mol. The molecule has 0 N–H and O–H groups in total. The van der Waals surface area contributed by atoms with Crippen molar-refractivity contribution in [1.29, 1.82) is 0 Å². The van der Waals surface area contributed by atoms with Gasteiger partial charge in [-0.05, 0) is 71.0 Å². The van der Waals surface area contributed by atoms with Crippen molar-refractivity contribution < 1.29 is 14.3 Å². The molecule has 41 heavy (non-hydrogen) atoms. The lowest BCUT2D eigenvalue weighted by Gasteiger charge is -2.44. The molecule has 1 aliphatic carbocycles. The van der Waals surface area contributed by atoms with Gasteiger partial charge >= 0.3 is 5.97 Å². The second kappa shape index (κ2) is 11.7. The van der Waals surface area contributed by atoms with Crippen LogP contribution in [0.1, 0.15) is 24.5 Å². The molecule has 4 nitrogen and oxygen atoms in total. The van der Waals surface area contributed by atoms with Crippen LogP contribution >= 0.6 is 0 Å². The number of ether oxygens (including phenoxy) is 2. The van der Waals surface area contributed by atoms with Gasteiger partial charge in [0.2, 0.25) is 0 Å². The summed E-state index contributed by atoms with van der Waals surface area (Å²) in [6.07, 6.45) is 7.34. The molecule has 0 saturated carbocycles. The van der Waals surface area contributed by atoms with E-state index in [1.807, 2.05) is 12.1 Å². The first kappa shape index (κ1) is 26.4. The number of allylic oxidation sites excluding steroid dienone is 2. The van der Waals surface area contributed by atoms with Gasteiger partial charge in [0.25, 0.3) is 0 Å². The van der Waals surface area contributed by atoms with Crippen molar-refractivity contribution in [2.45, 2.75) is 25.8 Å². The number of fused-ring (bicyclic) bond motifs is 2. The minimum absolute atomic E-state index is 0.0294. The molecule has 0 fully saturated rings. The quantitative estimate of drug-likeness (QED) is 0.128. The van der Waals surface area contributed by atoms with Crippen LogP contribution in [0.4, 0.5) is 11.4 Å². The Kier molecular flexibility index (Phi) is 7.55. The maximum absolute atomic E-state index is 11.3. The number of benzene rings is 4. The molecule has 2 atom stereocenters. The van der Waals surface area contributed by atoms with E-state index in [4.69, 9.17) is 9.47 Å². The Labute approximate surface area is 241 Å². The Bertz CT molecular complexity index is 1600. The maximum Gasteiger partial charge on any atom is 0.330 e. The summed E-state index contributed by atoms with van der Waals surface area (Å²) in [6, 6.07) is 36.1. The molecule has 4 heteroatoms. The number of hydrogen-bond acceptors (Lipinski definition) is 4. The first-order chi connectivity index (χ1) is 20.1. The summed E-state index contributed by atoms with van der Waals surface area (Å²) in [4.78, 5) is 13.7. The molecule has 0 aromatic heterocycles. The lowest BCUT2D eigenvalue weighted by atomic mass is 9.85. The molecule has 1 aliphatic heterocycles. The zero-order valence-corrected chi connectivity index (χ0v) is 23.2. The Morgan fingerprint density at radius 2 is 1.61 bits per heavy atom. The molecule has 4 aromatic rings. The highest BCUT2D eigenvalue weighted by Crippen LogP contribution is 2.48. The number of hydrogen-bond donors (Lipinski definition) is 0. The van der Waals surface area contributed by atoms with Crippen molar-refractivity contribution >= 4 is 22.9 Å². The lowest BCUT2D eigenvalue weighted by Crippen LogP contribution is -2.43. The van der Waals surface area contributed by atoms with Crippen LogP contribution in [-0.4, -0.2) is 18.6 Å². The highest BCUT2D eigenvalue weighted by Gasteiger charge is 2.38. The first-order valence-corrected chi connectivity index (χ1v) is 14.1. The number of carbonyl (C=O) groups excluding carboxylic acids is 1. The minimum Gasteiger partial charge on any atom is -0.463 e. The molecule has 0 radical (unpaired) electrons. The van der Waals surface area contributed by atoms with Crippen LogP contribution in [0.3, 0.4) is 0 Å². The maximum atomic E-state index is 11.3. The first-order valence-electron chi connectivity index (χ1n) is 14.1. The van der Waals surface area contributed by atoms with Crippen molar-refractivity contribution in [1.82, 2.24) is 0 Å². The fourth-order valence-corrected chi connectivity index (χ4v) is 5.70. The second-order valence-electron chi connectivity index (χ2n) is 10.5. The van der Waals surface area contributed by atoms with Crippen molar-refractivity contribution in [3.05, 3.63) is 145 Å². The van der Waals surface area contributed by atoms with Crippen molar-refractivity contribution in [3.63, 3.8) is 0 Å². The van der Waals surface area contributed by atoms with Crippen LogP contribution in [0.2, 0.25) is 0 Å². The third-order valence-corrected chi connectivity index (χ3v) is 7.70. The van der Waals surface area contributed by atoms with E-state index < -0.39 is 0 Å². The van der Waals surface area contributed by atoms with Gasteiger partial charge in [-0.1, -0.05) is 98.4 Å². The Hall–Kier alpha value is -4.83. The average Bonchev–Trinajstić information content (AvgIpc) is 3.02. The Morgan fingerprint density at radius 3 is 2.32 bits per heavy atom. The predicted molar refractivity (Wildman–Crippen MR) is 166 cm³/mol. The van der Waals surface area contributed by atoms with Gasteiger partial charge in [0.1, 0.15) is 5.76 Å². The van der Waals surface area contributed by atoms with Crippen LogP contribution in [0.15, 0.2) is 134 Å². The molecule has 1 heterocycles. The highest BCUT2D eigenvalue weighted by atomic mass is 16.5. The standard InChI is InChI=1S/C37H33NO3/c1-3-36(39)40-22-10-11-27-16-19-32(20-17-27)38-33-21-18-30(28-12-6-4-7-13-28)24-34(33)41-35-25-31(23-26(2)37(35)38)29-14-8-5-9-15-29/h3-9,12-21,23-26,37H,1,10-11,22H2,2H3. The van der Waals surface area contributed by atoms with Gasteiger partial charge in [-0.25, -0.2) is 4.79 Å². The smallest absolute Gasteiger partial charge is 0.330 e. The van der Waals surface area contributed by atoms with Gasteiger partial charge in [0, 0.05) is 17.7 Å². The lowest BCUT2D eigenvalue weighted by molar-refractivity contribution is -0.137. The van der Waals surface area contributed by atoms with E-state index in [9.17, 15) is 4.79 Å². The number of aryl methyl sites for hydroxylation is 1. The summed E-state index contributed by atoms with van der Waals surface area (Å²) in [5.74, 6) is 1.64. The zero-order chi connectivity index (χ0) is 28.2. The normalized spacial score (nSPS) is 17.3. The SMILES string of the molecule is C=CC(=O)OCCCc1ccc(N2c3ccc(-c4ccccc4)cc3OC3=CC(c4ccccc4)=CC(C)C32)cc1. The van der Waals surface area contributed by atoms with E-state index in [1.165, 1.54) is 22.8 Å².